The summed E-state index contributed by atoms with van der Waals surface area (Å²) in [7, 11) is 0. The molecule has 22 heavy (non-hydrogen) atoms. The third kappa shape index (κ3) is 3.67. The lowest BCUT2D eigenvalue weighted by Gasteiger charge is -2.31. The van der Waals surface area contributed by atoms with Crippen LogP contribution < -0.4 is 5.32 Å². The molecule has 0 saturated heterocycles. The number of rotatable bonds is 4. The Labute approximate surface area is 131 Å². The Kier molecular flexibility index (Phi) is 4.76. The van der Waals surface area contributed by atoms with E-state index in [-0.39, 0.29) is 17.9 Å². The van der Waals surface area contributed by atoms with E-state index in [2.05, 4.69) is 29.6 Å². The topological polar surface area (TPSA) is 52.5 Å². The van der Waals surface area contributed by atoms with E-state index in [1.807, 2.05) is 18.2 Å². The molecule has 0 aromatic heterocycles. The lowest BCUT2D eigenvalue weighted by molar-refractivity contribution is 0.115. The zero-order valence-electron chi connectivity index (χ0n) is 12.7. The van der Waals surface area contributed by atoms with E-state index in [4.69, 9.17) is 0 Å². The van der Waals surface area contributed by atoms with E-state index in [0.29, 0.717) is 6.04 Å². The molecular formula is C19H23NO2. The number of aromatic hydroxyl groups is 1. The molecule has 1 atom stereocenters. The molecule has 3 rings (SSSR count). The predicted octanol–water partition coefficient (Wildman–Crippen LogP) is 3.37. The second-order valence-electron chi connectivity index (χ2n) is 6.11. The van der Waals surface area contributed by atoms with Gasteiger partial charge in [-0.3, -0.25) is 0 Å². The normalized spacial score (nSPS) is 23.1. The van der Waals surface area contributed by atoms with Gasteiger partial charge in [-0.15, -0.1) is 0 Å². The van der Waals surface area contributed by atoms with Crippen molar-refractivity contribution >= 4 is 0 Å². The Balaban J connectivity index is 1.82. The fraction of sp³-hybridized carbons (Fsp3) is 0.368. The number of benzene rings is 2. The zero-order valence-corrected chi connectivity index (χ0v) is 12.7. The molecule has 3 nitrogen and oxygen atoms in total. The zero-order chi connectivity index (χ0) is 15.4. The predicted molar refractivity (Wildman–Crippen MR) is 87.8 cm³/mol. The Morgan fingerprint density at radius 3 is 2.05 bits per heavy atom. The highest BCUT2D eigenvalue weighted by Gasteiger charge is 2.23. The Morgan fingerprint density at radius 1 is 0.818 bits per heavy atom. The second kappa shape index (κ2) is 6.95. The fourth-order valence-electron chi connectivity index (χ4n) is 3.18. The summed E-state index contributed by atoms with van der Waals surface area (Å²) >= 11 is 0. The first-order chi connectivity index (χ1) is 10.7. The Morgan fingerprint density at radius 2 is 1.41 bits per heavy atom. The smallest absolute Gasteiger partial charge is 0.115 e. The molecule has 0 spiro atoms. The summed E-state index contributed by atoms with van der Waals surface area (Å²) < 4.78 is 0. The summed E-state index contributed by atoms with van der Waals surface area (Å²) in [6.45, 7) is 0. The van der Waals surface area contributed by atoms with Crippen LogP contribution in [0.15, 0.2) is 54.6 Å². The van der Waals surface area contributed by atoms with E-state index in [9.17, 15) is 10.2 Å². The Bertz CT molecular complexity index is 574. The van der Waals surface area contributed by atoms with Crippen molar-refractivity contribution in [2.75, 3.05) is 0 Å². The van der Waals surface area contributed by atoms with Gasteiger partial charge in [-0.2, -0.15) is 0 Å². The molecule has 0 aliphatic heterocycles. The van der Waals surface area contributed by atoms with Crippen molar-refractivity contribution in [1.29, 1.82) is 0 Å². The maximum absolute atomic E-state index is 9.67. The minimum Gasteiger partial charge on any atom is -0.508 e. The monoisotopic (exact) mass is 297 g/mol. The van der Waals surface area contributed by atoms with Crippen LogP contribution in [0.2, 0.25) is 0 Å². The highest BCUT2D eigenvalue weighted by Crippen LogP contribution is 2.27. The first kappa shape index (κ1) is 15.1. The molecule has 0 heterocycles. The quantitative estimate of drug-likeness (QED) is 0.811. The molecule has 1 aliphatic carbocycles. The number of aliphatic hydroxyl groups excluding tert-OH is 1. The molecule has 116 valence electrons. The largest absolute Gasteiger partial charge is 0.508 e. The van der Waals surface area contributed by atoms with Crippen LogP contribution in [0.4, 0.5) is 0 Å². The van der Waals surface area contributed by atoms with Gasteiger partial charge in [-0.25, -0.2) is 0 Å². The summed E-state index contributed by atoms with van der Waals surface area (Å²) in [6.07, 6.45) is 3.61. The molecule has 1 aliphatic rings. The third-order valence-electron chi connectivity index (χ3n) is 4.46. The van der Waals surface area contributed by atoms with Crippen molar-refractivity contribution in [3.63, 3.8) is 0 Å². The lowest BCUT2D eigenvalue weighted by Crippen LogP contribution is -2.37. The van der Waals surface area contributed by atoms with Crippen molar-refractivity contribution in [2.24, 2.45) is 0 Å². The first-order valence-corrected chi connectivity index (χ1v) is 8.00. The van der Waals surface area contributed by atoms with Crippen LogP contribution in [-0.4, -0.2) is 22.4 Å². The summed E-state index contributed by atoms with van der Waals surface area (Å²) in [5.74, 6) is 0.288. The molecule has 1 unspecified atom stereocenters. The van der Waals surface area contributed by atoms with Crippen LogP contribution >= 0.6 is 0 Å². The maximum atomic E-state index is 9.67. The average molecular weight is 297 g/mol. The fourth-order valence-corrected chi connectivity index (χ4v) is 3.18. The number of phenols is 1. The van der Waals surface area contributed by atoms with Crippen LogP contribution in [-0.2, 0) is 0 Å². The van der Waals surface area contributed by atoms with Crippen molar-refractivity contribution in [3.05, 3.63) is 65.7 Å². The van der Waals surface area contributed by atoms with Crippen LogP contribution in [0.5, 0.6) is 5.75 Å². The SMILES string of the molecule is Oc1ccc(C(NC2CCC(O)CC2)c2ccccc2)cc1. The van der Waals surface area contributed by atoms with Crippen LogP contribution in [0.25, 0.3) is 0 Å². The molecule has 2 aromatic rings. The summed E-state index contributed by atoms with van der Waals surface area (Å²) in [4.78, 5) is 0. The molecule has 0 amide bonds. The molecule has 3 N–H and O–H groups in total. The molecule has 1 saturated carbocycles. The van der Waals surface area contributed by atoms with Crippen molar-refractivity contribution in [3.8, 4) is 5.75 Å². The maximum Gasteiger partial charge on any atom is 0.115 e. The number of nitrogens with one attached hydrogen (secondary N) is 1. The van der Waals surface area contributed by atoms with Gasteiger partial charge < -0.3 is 15.5 Å². The minimum atomic E-state index is -0.137. The van der Waals surface area contributed by atoms with Gasteiger partial charge in [0.15, 0.2) is 0 Å². The number of hydrogen-bond acceptors (Lipinski definition) is 3. The van der Waals surface area contributed by atoms with Gasteiger partial charge in [-0.1, -0.05) is 42.5 Å². The highest BCUT2D eigenvalue weighted by molar-refractivity contribution is 5.35. The lowest BCUT2D eigenvalue weighted by atomic mass is 9.90. The van der Waals surface area contributed by atoms with Gasteiger partial charge in [0.25, 0.3) is 0 Å². The number of hydrogen-bond donors (Lipinski definition) is 3. The van der Waals surface area contributed by atoms with E-state index in [1.165, 1.54) is 5.56 Å². The van der Waals surface area contributed by atoms with Crippen LogP contribution in [0.1, 0.15) is 42.9 Å². The van der Waals surface area contributed by atoms with Gasteiger partial charge in [0, 0.05) is 6.04 Å². The highest BCUT2D eigenvalue weighted by atomic mass is 16.3. The summed E-state index contributed by atoms with van der Waals surface area (Å²) in [5.41, 5.74) is 2.37. The summed E-state index contributed by atoms with van der Waals surface area (Å²) in [5, 5.41) is 22.9. The van der Waals surface area contributed by atoms with Crippen molar-refractivity contribution in [2.45, 2.75) is 43.9 Å². The molecule has 2 aromatic carbocycles. The average Bonchev–Trinajstić information content (AvgIpc) is 2.56. The first-order valence-electron chi connectivity index (χ1n) is 8.00. The van der Waals surface area contributed by atoms with Gasteiger partial charge in [-0.05, 0) is 48.9 Å². The number of aliphatic hydroxyl groups is 1. The van der Waals surface area contributed by atoms with Crippen LogP contribution in [0.3, 0.4) is 0 Å². The van der Waals surface area contributed by atoms with Gasteiger partial charge in [0.1, 0.15) is 5.75 Å². The van der Waals surface area contributed by atoms with Crippen molar-refractivity contribution < 1.29 is 10.2 Å². The van der Waals surface area contributed by atoms with Gasteiger partial charge in [0.2, 0.25) is 0 Å². The molecule has 1 fully saturated rings. The van der Waals surface area contributed by atoms with E-state index < -0.39 is 0 Å². The Hall–Kier alpha value is -1.84. The van der Waals surface area contributed by atoms with Gasteiger partial charge in [0.05, 0.1) is 12.1 Å². The van der Waals surface area contributed by atoms with E-state index >= 15 is 0 Å². The van der Waals surface area contributed by atoms with Gasteiger partial charge >= 0.3 is 0 Å². The molecular weight excluding hydrogens is 274 g/mol. The standard InChI is InChI=1S/C19H23NO2/c21-17-10-6-15(7-11-17)19(14-4-2-1-3-5-14)20-16-8-12-18(22)13-9-16/h1-7,10-11,16,18-22H,8-9,12-13H2. The van der Waals surface area contributed by atoms with Crippen LogP contribution in [0, 0.1) is 0 Å². The molecule has 3 heteroatoms. The van der Waals surface area contributed by atoms with E-state index in [1.54, 1.807) is 12.1 Å². The third-order valence-corrected chi connectivity index (χ3v) is 4.46. The minimum absolute atomic E-state index is 0.113. The van der Waals surface area contributed by atoms with E-state index in [0.717, 1.165) is 31.2 Å². The number of phenolic OH excluding ortho intramolecular Hbond substituents is 1. The second-order valence-corrected chi connectivity index (χ2v) is 6.11. The summed E-state index contributed by atoms with van der Waals surface area (Å²) in [6, 6.07) is 18.3. The molecule has 0 radical (unpaired) electrons. The van der Waals surface area contributed by atoms with Crippen molar-refractivity contribution in [1.82, 2.24) is 5.32 Å². The molecule has 0 bridgehead atoms.